The topological polar surface area (TPSA) is 29.4 Å². The van der Waals surface area contributed by atoms with Gasteiger partial charge in [-0.25, -0.2) is 0 Å². The summed E-state index contributed by atoms with van der Waals surface area (Å²) in [6, 6.07) is 15.3. The number of benzene rings is 2. The third kappa shape index (κ3) is 2.94. The maximum absolute atomic E-state index is 12.1. The fourth-order valence-electron chi connectivity index (χ4n) is 1.50. The summed E-state index contributed by atoms with van der Waals surface area (Å²) in [5.41, 5.74) is 2.92. The van der Waals surface area contributed by atoms with E-state index in [-0.39, 0.29) is 0 Å². The molecule has 0 unspecified atom stereocenters. The van der Waals surface area contributed by atoms with Crippen LogP contribution in [0.15, 0.2) is 57.8 Å². The molecule has 0 aliphatic heterocycles. The second kappa shape index (κ2) is 5.15. The Kier molecular flexibility index (Phi) is 3.59. The summed E-state index contributed by atoms with van der Waals surface area (Å²) in [5.74, 6) is 0. The minimum atomic E-state index is -1.33. The SMILES string of the molecule is Cc1ccc(N=[S-](=O)c2ccccc2C)cc1. The Morgan fingerprint density at radius 2 is 1.59 bits per heavy atom. The van der Waals surface area contributed by atoms with Crippen molar-refractivity contribution in [3.8, 4) is 0 Å². The van der Waals surface area contributed by atoms with Crippen molar-refractivity contribution in [3.05, 3.63) is 59.7 Å². The van der Waals surface area contributed by atoms with E-state index in [0.717, 1.165) is 16.1 Å². The van der Waals surface area contributed by atoms with Crippen LogP contribution in [0.5, 0.6) is 0 Å². The molecule has 0 amide bonds. The molecule has 0 spiro atoms. The second-order valence-corrected chi connectivity index (χ2v) is 5.06. The molecular formula is C14H14NOS-. The molecule has 2 nitrogen and oxygen atoms in total. The molecule has 0 aromatic heterocycles. The fourth-order valence-corrected chi connectivity index (χ4v) is 2.45. The van der Waals surface area contributed by atoms with Crippen LogP contribution in [0.4, 0.5) is 5.69 Å². The van der Waals surface area contributed by atoms with Crippen LogP contribution < -0.4 is 0 Å². The highest BCUT2D eigenvalue weighted by atomic mass is 32.2. The van der Waals surface area contributed by atoms with Crippen LogP contribution in [-0.4, -0.2) is 0 Å². The van der Waals surface area contributed by atoms with Crippen LogP contribution in [0.25, 0.3) is 0 Å². The molecule has 0 radical (unpaired) electrons. The lowest BCUT2D eigenvalue weighted by Crippen LogP contribution is -1.83. The first-order chi connectivity index (χ1) is 8.16. The first-order valence-corrected chi connectivity index (χ1v) is 6.53. The van der Waals surface area contributed by atoms with Gasteiger partial charge in [0, 0.05) is 5.69 Å². The van der Waals surface area contributed by atoms with Crippen molar-refractivity contribution in [3.63, 3.8) is 0 Å². The Balaban J connectivity index is 2.38. The van der Waals surface area contributed by atoms with Gasteiger partial charge in [0.1, 0.15) is 0 Å². The van der Waals surface area contributed by atoms with E-state index in [9.17, 15) is 4.21 Å². The largest absolute Gasteiger partial charge is 0.440 e. The van der Waals surface area contributed by atoms with Crippen molar-refractivity contribution in [1.82, 2.24) is 0 Å². The summed E-state index contributed by atoms with van der Waals surface area (Å²) >= 11 is 0. The fraction of sp³-hybridized carbons (Fsp3) is 0.143. The Bertz CT molecular complexity index is 596. The van der Waals surface area contributed by atoms with Gasteiger partial charge in [-0.15, -0.1) is 0 Å². The van der Waals surface area contributed by atoms with Crippen LogP contribution in [0.2, 0.25) is 0 Å². The van der Waals surface area contributed by atoms with Gasteiger partial charge in [-0.05, 0) is 26.0 Å². The van der Waals surface area contributed by atoms with Crippen molar-refractivity contribution < 1.29 is 4.21 Å². The highest BCUT2D eigenvalue weighted by molar-refractivity contribution is 7.75. The van der Waals surface area contributed by atoms with E-state index in [2.05, 4.69) is 4.36 Å². The number of hydrogen-bond donors (Lipinski definition) is 0. The molecule has 2 aromatic carbocycles. The highest BCUT2D eigenvalue weighted by Gasteiger charge is 1.89. The third-order valence-corrected chi connectivity index (χ3v) is 3.71. The molecule has 0 fully saturated rings. The Labute approximate surface area is 104 Å². The number of aryl methyl sites for hydroxylation is 2. The molecule has 17 heavy (non-hydrogen) atoms. The van der Waals surface area contributed by atoms with Gasteiger partial charge < -0.3 is 8.57 Å². The maximum atomic E-state index is 12.1. The Hall–Kier alpha value is -1.61. The van der Waals surface area contributed by atoms with Gasteiger partial charge in [0.2, 0.25) is 0 Å². The monoisotopic (exact) mass is 244 g/mol. The Morgan fingerprint density at radius 3 is 2.24 bits per heavy atom. The summed E-state index contributed by atoms with van der Waals surface area (Å²) < 4.78 is 16.3. The van der Waals surface area contributed by atoms with Crippen LogP contribution in [0.1, 0.15) is 11.1 Å². The number of hydrogen-bond acceptors (Lipinski definition) is 3. The number of rotatable bonds is 2. The zero-order valence-corrected chi connectivity index (χ0v) is 10.7. The van der Waals surface area contributed by atoms with E-state index in [1.165, 1.54) is 5.56 Å². The van der Waals surface area contributed by atoms with Gasteiger partial charge in [0.25, 0.3) is 0 Å². The number of nitrogens with zero attached hydrogens (tertiary/aromatic N) is 1. The highest BCUT2D eigenvalue weighted by Crippen LogP contribution is 2.17. The van der Waals surface area contributed by atoms with Crippen molar-refractivity contribution in [2.75, 3.05) is 0 Å². The standard InChI is InChI=1S/C14H14NOS/c1-11-7-9-13(10-8-11)15-17(16)14-6-4-3-5-12(14)2/h3-10H,1-2H3/q-1. The van der Waals surface area contributed by atoms with Gasteiger partial charge in [-0.1, -0.05) is 52.4 Å². The van der Waals surface area contributed by atoms with Crippen molar-refractivity contribution >= 4 is 16.3 Å². The van der Waals surface area contributed by atoms with Crippen LogP contribution in [-0.2, 0) is 14.8 Å². The summed E-state index contributed by atoms with van der Waals surface area (Å²) in [5, 5.41) is 0. The van der Waals surface area contributed by atoms with Crippen LogP contribution in [0.3, 0.4) is 0 Å². The molecule has 88 valence electrons. The first-order valence-electron chi connectivity index (χ1n) is 5.43. The van der Waals surface area contributed by atoms with E-state index in [1.54, 1.807) is 0 Å². The lowest BCUT2D eigenvalue weighted by Gasteiger charge is -2.09. The van der Waals surface area contributed by atoms with Crippen LogP contribution >= 0.6 is 0 Å². The molecule has 0 aliphatic carbocycles. The zero-order chi connectivity index (χ0) is 12.3. The van der Waals surface area contributed by atoms with E-state index in [0.29, 0.717) is 0 Å². The molecule has 2 aromatic rings. The van der Waals surface area contributed by atoms with E-state index < -0.39 is 10.6 Å². The molecule has 0 aliphatic rings. The molecule has 0 saturated heterocycles. The molecule has 0 heterocycles. The Morgan fingerprint density at radius 1 is 0.941 bits per heavy atom. The summed E-state index contributed by atoms with van der Waals surface area (Å²) in [6.45, 7) is 3.96. The first kappa shape index (κ1) is 11.9. The molecule has 3 heteroatoms. The molecule has 2 rings (SSSR count). The summed E-state index contributed by atoms with van der Waals surface area (Å²) in [7, 11) is -1.33. The molecule has 0 saturated carbocycles. The molecule has 0 bridgehead atoms. The quantitative estimate of drug-likeness (QED) is 0.730. The van der Waals surface area contributed by atoms with Gasteiger partial charge in [-0.2, -0.15) is 10.6 Å². The maximum Gasteiger partial charge on any atom is 0.0369 e. The minimum Gasteiger partial charge on any atom is -0.440 e. The van der Waals surface area contributed by atoms with Crippen LogP contribution in [0, 0.1) is 13.8 Å². The lowest BCUT2D eigenvalue weighted by atomic mass is 10.2. The van der Waals surface area contributed by atoms with E-state index in [4.69, 9.17) is 0 Å². The molecule has 0 atom stereocenters. The average molecular weight is 244 g/mol. The smallest absolute Gasteiger partial charge is 0.0369 e. The minimum absolute atomic E-state index is 0.747. The zero-order valence-electron chi connectivity index (χ0n) is 9.88. The lowest BCUT2D eigenvalue weighted by molar-refractivity contribution is 0.600. The normalized spacial score (nSPS) is 12.6. The van der Waals surface area contributed by atoms with E-state index >= 15 is 0 Å². The van der Waals surface area contributed by atoms with Crippen molar-refractivity contribution in [1.29, 1.82) is 0 Å². The predicted octanol–water partition coefficient (Wildman–Crippen LogP) is 4.14. The predicted molar refractivity (Wildman–Crippen MR) is 70.8 cm³/mol. The van der Waals surface area contributed by atoms with E-state index in [1.807, 2.05) is 62.4 Å². The van der Waals surface area contributed by atoms with Gasteiger partial charge in [0.15, 0.2) is 0 Å². The second-order valence-electron chi connectivity index (χ2n) is 3.94. The van der Waals surface area contributed by atoms with Gasteiger partial charge >= 0.3 is 0 Å². The van der Waals surface area contributed by atoms with Crippen molar-refractivity contribution in [2.45, 2.75) is 18.7 Å². The van der Waals surface area contributed by atoms with Gasteiger partial charge in [-0.3, -0.25) is 0 Å². The summed E-state index contributed by atoms with van der Waals surface area (Å²) in [4.78, 5) is 0.771. The average Bonchev–Trinajstić information content (AvgIpc) is 2.32. The molecule has 0 N–H and O–H groups in total. The third-order valence-electron chi connectivity index (χ3n) is 2.50. The van der Waals surface area contributed by atoms with Crippen molar-refractivity contribution in [2.24, 2.45) is 4.36 Å². The van der Waals surface area contributed by atoms with Gasteiger partial charge in [0.05, 0.1) is 0 Å². The molecular weight excluding hydrogens is 230 g/mol. The summed E-state index contributed by atoms with van der Waals surface area (Å²) in [6.07, 6.45) is 0.